The molecule has 2 heteroatoms. The van der Waals surface area contributed by atoms with Crippen LogP contribution >= 0.6 is 0 Å². The topological polar surface area (TPSA) is 15.3 Å². The van der Waals surface area contributed by atoms with Gasteiger partial charge < -0.3 is 5.32 Å². The molecule has 1 saturated heterocycles. The molecule has 2 aliphatic rings. The number of hydrogen-bond acceptors (Lipinski definition) is 2. The standard InChI is InChI=1S/C14H28N2/c1-10(2)16-8-12(4)14(9-16)15-13-7-5-6-11(13)3/h10-15H,5-9H2,1-4H3. The molecule has 0 aromatic rings. The van der Waals surface area contributed by atoms with Gasteiger partial charge in [0, 0.05) is 31.2 Å². The van der Waals surface area contributed by atoms with Crippen LogP contribution < -0.4 is 5.32 Å². The Kier molecular flexibility index (Phi) is 3.91. The summed E-state index contributed by atoms with van der Waals surface area (Å²) in [5.41, 5.74) is 0. The zero-order chi connectivity index (χ0) is 11.7. The van der Waals surface area contributed by atoms with E-state index in [-0.39, 0.29) is 0 Å². The van der Waals surface area contributed by atoms with Gasteiger partial charge in [-0.2, -0.15) is 0 Å². The lowest BCUT2D eigenvalue weighted by atomic mass is 10.0. The summed E-state index contributed by atoms with van der Waals surface area (Å²) in [6, 6.07) is 2.22. The fraction of sp³-hybridized carbons (Fsp3) is 1.00. The molecule has 4 unspecified atom stereocenters. The molecule has 0 amide bonds. The molecule has 1 aliphatic carbocycles. The van der Waals surface area contributed by atoms with Crippen molar-refractivity contribution in [1.82, 2.24) is 10.2 Å². The van der Waals surface area contributed by atoms with Gasteiger partial charge in [-0.15, -0.1) is 0 Å². The van der Waals surface area contributed by atoms with Gasteiger partial charge in [-0.05, 0) is 38.5 Å². The molecule has 0 spiro atoms. The molecule has 0 bridgehead atoms. The average Bonchev–Trinajstić information content (AvgIpc) is 2.76. The van der Waals surface area contributed by atoms with E-state index >= 15 is 0 Å². The van der Waals surface area contributed by atoms with E-state index in [1.54, 1.807) is 0 Å². The van der Waals surface area contributed by atoms with Gasteiger partial charge in [0.05, 0.1) is 0 Å². The van der Waals surface area contributed by atoms with Crippen molar-refractivity contribution in [2.75, 3.05) is 13.1 Å². The molecular weight excluding hydrogens is 196 g/mol. The van der Waals surface area contributed by atoms with Crippen LogP contribution in [0.4, 0.5) is 0 Å². The van der Waals surface area contributed by atoms with Gasteiger partial charge in [0.1, 0.15) is 0 Å². The molecule has 1 N–H and O–H groups in total. The SMILES string of the molecule is CC1CCCC1NC1CN(C(C)C)CC1C. The predicted molar refractivity (Wildman–Crippen MR) is 69.6 cm³/mol. The van der Waals surface area contributed by atoms with Gasteiger partial charge in [0.25, 0.3) is 0 Å². The van der Waals surface area contributed by atoms with E-state index in [0.29, 0.717) is 6.04 Å². The molecule has 1 heterocycles. The molecule has 1 saturated carbocycles. The van der Waals surface area contributed by atoms with Crippen LogP contribution in [-0.4, -0.2) is 36.1 Å². The van der Waals surface area contributed by atoms with Crippen LogP contribution in [0.1, 0.15) is 47.0 Å². The largest absolute Gasteiger partial charge is 0.309 e. The minimum atomic E-state index is 0.704. The first-order chi connectivity index (χ1) is 7.58. The van der Waals surface area contributed by atoms with Crippen LogP contribution in [0.5, 0.6) is 0 Å². The zero-order valence-corrected chi connectivity index (χ0v) is 11.4. The van der Waals surface area contributed by atoms with Crippen molar-refractivity contribution >= 4 is 0 Å². The normalized spacial score (nSPS) is 41.1. The van der Waals surface area contributed by atoms with Gasteiger partial charge in [0.2, 0.25) is 0 Å². The van der Waals surface area contributed by atoms with Gasteiger partial charge in [0.15, 0.2) is 0 Å². The summed E-state index contributed by atoms with van der Waals surface area (Å²) in [4.78, 5) is 2.61. The average molecular weight is 224 g/mol. The fourth-order valence-corrected chi connectivity index (χ4v) is 3.31. The van der Waals surface area contributed by atoms with E-state index in [9.17, 15) is 0 Å². The first-order valence-electron chi connectivity index (χ1n) is 7.08. The first kappa shape index (κ1) is 12.4. The molecular formula is C14H28N2. The molecule has 1 aliphatic heterocycles. The third kappa shape index (κ3) is 2.60. The monoisotopic (exact) mass is 224 g/mol. The van der Waals surface area contributed by atoms with E-state index in [0.717, 1.165) is 23.9 Å². The number of hydrogen-bond donors (Lipinski definition) is 1. The Morgan fingerprint density at radius 2 is 1.75 bits per heavy atom. The van der Waals surface area contributed by atoms with Gasteiger partial charge in [-0.25, -0.2) is 0 Å². The lowest BCUT2D eigenvalue weighted by Gasteiger charge is -2.25. The number of nitrogens with zero attached hydrogens (tertiary/aromatic N) is 1. The van der Waals surface area contributed by atoms with E-state index in [1.165, 1.54) is 32.4 Å². The van der Waals surface area contributed by atoms with Gasteiger partial charge in [-0.1, -0.05) is 20.3 Å². The summed E-state index contributed by atoms with van der Waals surface area (Å²) in [5, 5.41) is 3.92. The molecule has 16 heavy (non-hydrogen) atoms. The third-order valence-electron chi connectivity index (χ3n) is 4.66. The Balaban J connectivity index is 1.86. The number of rotatable bonds is 3. The quantitative estimate of drug-likeness (QED) is 0.792. The summed E-state index contributed by atoms with van der Waals surface area (Å²) < 4.78 is 0. The van der Waals surface area contributed by atoms with E-state index in [4.69, 9.17) is 0 Å². The number of nitrogens with one attached hydrogen (secondary N) is 1. The van der Waals surface area contributed by atoms with Crippen LogP contribution in [0, 0.1) is 11.8 Å². The Morgan fingerprint density at radius 3 is 2.25 bits per heavy atom. The van der Waals surface area contributed by atoms with Gasteiger partial charge in [-0.3, -0.25) is 4.90 Å². The molecule has 0 aromatic heterocycles. The second kappa shape index (κ2) is 5.05. The van der Waals surface area contributed by atoms with Crippen molar-refractivity contribution in [2.24, 2.45) is 11.8 Å². The molecule has 2 fully saturated rings. The Hall–Kier alpha value is -0.0800. The molecule has 4 atom stereocenters. The minimum Gasteiger partial charge on any atom is -0.309 e. The van der Waals surface area contributed by atoms with Crippen molar-refractivity contribution in [1.29, 1.82) is 0 Å². The smallest absolute Gasteiger partial charge is 0.0235 e. The zero-order valence-electron chi connectivity index (χ0n) is 11.4. The summed E-state index contributed by atoms with van der Waals surface area (Å²) >= 11 is 0. The van der Waals surface area contributed by atoms with Gasteiger partial charge >= 0.3 is 0 Å². The molecule has 0 radical (unpaired) electrons. The van der Waals surface area contributed by atoms with Crippen LogP contribution in [0.15, 0.2) is 0 Å². The molecule has 2 nitrogen and oxygen atoms in total. The Labute approximate surface area is 101 Å². The van der Waals surface area contributed by atoms with Crippen molar-refractivity contribution in [3.63, 3.8) is 0 Å². The van der Waals surface area contributed by atoms with E-state index in [1.807, 2.05) is 0 Å². The van der Waals surface area contributed by atoms with Crippen molar-refractivity contribution in [2.45, 2.75) is 65.1 Å². The number of likely N-dealkylation sites (tertiary alicyclic amines) is 1. The summed E-state index contributed by atoms with van der Waals surface area (Å²) in [6.45, 7) is 12.0. The van der Waals surface area contributed by atoms with Crippen molar-refractivity contribution in [3.05, 3.63) is 0 Å². The highest BCUT2D eigenvalue weighted by molar-refractivity contribution is 4.92. The van der Waals surface area contributed by atoms with Crippen LogP contribution in [0.2, 0.25) is 0 Å². The fourth-order valence-electron chi connectivity index (χ4n) is 3.31. The molecule has 94 valence electrons. The van der Waals surface area contributed by atoms with Crippen LogP contribution in [0.3, 0.4) is 0 Å². The second-order valence-corrected chi connectivity index (χ2v) is 6.31. The Morgan fingerprint density at radius 1 is 1.00 bits per heavy atom. The van der Waals surface area contributed by atoms with E-state index in [2.05, 4.69) is 37.9 Å². The predicted octanol–water partition coefficient (Wildman–Crippen LogP) is 2.49. The van der Waals surface area contributed by atoms with Crippen molar-refractivity contribution in [3.8, 4) is 0 Å². The molecule has 2 rings (SSSR count). The van der Waals surface area contributed by atoms with E-state index < -0.39 is 0 Å². The van der Waals surface area contributed by atoms with Crippen LogP contribution in [0.25, 0.3) is 0 Å². The maximum absolute atomic E-state index is 3.92. The Bertz CT molecular complexity index is 227. The molecule has 0 aromatic carbocycles. The summed E-state index contributed by atoms with van der Waals surface area (Å²) in [6.07, 6.45) is 4.24. The lowest BCUT2D eigenvalue weighted by Crippen LogP contribution is -2.44. The lowest BCUT2D eigenvalue weighted by molar-refractivity contribution is 0.260. The summed E-state index contributed by atoms with van der Waals surface area (Å²) in [7, 11) is 0. The maximum Gasteiger partial charge on any atom is 0.0235 e. The highest BCUT2D eigenvalue weighted by atomic mass is 15.2. The minimum absolute atomic E-state index is 0.704. The highest BCUT2D eigenvalue weighted by Crippen LogP contribution is 2.27. The summed E-state index contributed by atoms with van der Waals surface area (Å²) in [5.74, 6) is 1.70. The van der Waals surface area contributed by atoms with Crippen molar-refractivity contribution < 1.29 is 0 Å². The maximum atomic E-state index is 3.92. The first-order valence-corrected chi connectivity index (χ1v) is 7.08. The highest BCUT2D eigenvalue weighted by Gasteiger charge is 2.34. The second-order valence-electron chi connectivity index (χ2n) is 6.31. The van der Waals surface area contributed by atoms with Crippen LogP contribution in [-0.2, 0) is 0 Å². The third-order valence-corrected chi connectivity index (χ3v) is 4.66.